The number of anilines is 1. The third kappa shape index (κ3) is 3.46. The predicted molar refractivity (Wildman–Crippen MR) is 77.5 cm³/mol. The van der Waals surface area contributed by atoms with Gasteiger partial charge in [0.15, 0.2) is 0 Å². The Morgan fingerprint density at radius 2 is 1.62 bits per heavy atom. The Morgan fingerprint density at radius 3 is 2.04 bits per heavy atom. The molecule has 0 atom stereocenters. The van der Waals surface area contributed by atoms with Gasteiger partial charge in [-0.25, -0.2) is 0 Å². The average molecular weight is 400 g/mol. The first-order valence-electron chi connectivity index (χ1n) is 6.76. The molecule has 0 spiro atoms. The molecular weight excluding hydrogens is 392 g/mol. The van der Waals surface area contributed by atoms with Gasteiger partial charge in [0.2, 0.25) is 0 Å². The summed E-state index contributed by atoms with van der Waals surface area (Å²) in [5, 5.41) is -0.581. The van der Waals surface area contributed by atoms with Gasteiger partial charge < -0.3 is 14.5 Å². The van der Waals surface area contributed by atoms with Gasteiger partial charge in [-0.1, -0.05) is 11.6 Å². The minimum atomic E-state index is -5.13. The van der Waals surface area contributed by atoms with Crippen molar-refractivity contribution in [3.63, 3.8) is 0 Å². The van der Waals surface area contributed by atoms with Crippen molar-refractivity contribution in [3.8, 4) is 0 Å². The van der Waals surface area contributed by atoms with Crippen molar-refractivity contribution >= 4 is 35.8 Å². The highest BCUT2D eigenvalue weighted by molar-refractivity contribution is 6.34. The molecule has 1 aliphatic heterocycles. The van der Waals surface area contributed by atoms with Crippen LogP contribution < -0.4 is 4.90 Å². The van der Waals surface area contributed by atoms with E-state index >= 15 is 0 Å². The molecule has 0 fully saturated rings. The van der Waals surface area contributed by atoms with Gasteiger partial charge in [-0.15, -0.1) is 0 Å². The largest absolute Gasteiger partial charge is 0.416 e. The van der Waals surface area contributed by atoms with Crippen LogP contribution in [0.1, 0.15) is 5.56 Å². The molecular formula is C15H8ClF6NO3. The molecule has 0 saturated heterocycles. The van der Waals surface area contributed by atoms with Crippen LogP contribution >= 0.6 is 11.6 Å². The van der Waals surface area contributed by atoms with Crippen molar-refractivity contribution < 1.29 is 40.7 Å². The maximum absolute atomic E-state index is 13.1. The van der Waals surface area contributed by atoms with Gasteiger partial charge in [-0.2, -0.15) is 26.3 Å². The van der Waals surface area contributed by atoms with Crippen molar-refractivity contribution in [2.45, 2.75) is 12.4 Å². The first-order chi connectivity index (χ1) is 11.9. The Morgan fingerprint density at radius 1 is 1.04 bits per heavy atom. The van der Waals surface area contributed by atoms with Crippen molar-refractivity contribution in [1.29, 1.82) is 0 Å². The van der Waals surface area contributed by atoms with Crippen LogP contribution in [0.3, 0.4) is 0 Å². The van der Waals surface area contributed by atoms with E-state index in [2.05, 4.69) is 0 Å². The minimum Gasteiger partial charge on any atom is -0.306 e. The maximum atomic E-state index is 13.1. The van der Waals surface area contributed by atoms with Gasteiger partial charge in [-0.05, 0) is 18.2 Å². The zero-order chi connectivity index (χ0) is 19.9. The predicted octanol–water partition coefficient (Wildman–Crippen LogP) is 3.58. The van der Waals surface area contributed by atoms with E-state index in [0.717, 1.165) is 6.07 Å². The monoisotopic (exact) mass is 399 g/mol. The lowest BCUT2D eigenvalue weighted by molar-refractivity contribution is -0.138. The summed E-state index contributed by atoms with van der Waals surface area (Å²) in [6.07, 6.45) is -10.3. The van der Waals surface area contributed by atoms with Crippen LogP contribution in [0.15, 0.2) is 29.8 Å². The Labute approximate surface area is 147 Å². The fourth-order valence-electron chi connectivity index (χ4n) is 2.44. The molecule has 0 radical (unpaired) electrons. The van der Waals surface area contributed by atoms with Crippen molar-refractivity contribution in [2.24, 2.45) is 5.41 Å². The molecule has 1 amide bonds. The van der Waals surface area contributed by atoms with Crippen LogP contribution in [0.4, 0.5) is 32.0 Å². The number of benzene rings is 1. The first kappa shape index (κ1) is 20.0. The molecule has 0 saturated carbocycles. The fraction of sp³-hybridized carbons (Fsp3) is 0.267. The van der Waals surface area contributed by atoms with Crippen LogP contribution in [0.2, 0.25) is 5.02 Å². The lowest BCUT2D eigenvalue weighted by Crippen LogP contribution is -2.51. The number of halogens is 7. The third-order valence-electron chi connectivity index (χ3n) is 3.75. The zero-order valence-electron chi connectivity index (χ0n) is 12.5. The number of rotatable bonds is 3. The molecule has 2 rings (SSSR count). The van der Waals surface area contributed by atoms with Crippen LogP contribution in [-0.2, 0) is 20.6 Å². The Bertz CT molecular complexity index is 792. The van der Waals surface area contributed by atoms with Gasteiger partial charge in [0.25, 0.3) is 5.91 Å². The summed E-state index contributed by atoms with van der Waals surface area (Å²) in [5.41, 5.74) is -5.87. The highest BCUT2D eigenvalue weighted by atomic mass is 35.5. The van der Waals surface area contributed by atoms with Gasteiger partial charge >= 0.3 is 12.4 Å². The number of amides is 1. The number of alkyl halides is 6. The van der Waals surface area contributed by atoms with Gasteiger partial charge in [0, 0.05) is 12.6 Å². The molecule has 140 valence electrons. The van der Waals surface area contributed by atoms with Crippen LogP contribution in [-0.4, -0.2) is 31.2 Å². The topological polar surface area (TPSA) is 54.5 Å². The highest BCUT2D eigenvalue weighted by Crippen LogP contribution is 2.43. The summed E-state index contributed by atoms with van der Waals surface area (Å²) in [6.45, 7) is -1.05. The molecule has 0 aromatic heterocycles. The summed E-state index contributed by atoms with van der Waals surface area (Å²) in [5.74, 6) is -1.28. The van der Waals surface area contributed by atoms with Crippen LogP contribution in [0, 0.1) is 5.41 Å². The third-order valence-corrected chi connectivity index (χ3v) is 4.05. The summed E-state index contributed by atoms with van der Waals surface area (Å²) in [6, 6.07) is 1.83. The number of hydrogen-bond donors (Lipinski definition) is 0. The normalized spacial score (nSPS) is 17.7. The molecule has 1 heterocycles. The second kappa shape index (κ2) is 6.42. The number of carbonyl (C=O) groups is 3. The second-order valence-electron chi connectivity index (χ2n) is 5.42. The summed E-state index contributed by atoms with van der Waals surface area (Å²) in [7, 11) is 0. The van der Waals surface area contributed by atoms with Gasteiger partial charge in [0.05, 0.1) is 21.8 Å². The average Bonchev–Trinajstić information content (AvgIpc) is 2.53. The van der Waals surface area contributed by atoms with E-state index in [1.807, 2.05) is 0 Å². The number of carbonyl (C=O) groups excluding carboxylic acids is 3. The van der Waals surface area contributed by atoms with E-state index in [-0.39, 0.29) is 24.3 Å². The summed E-state index contributed by atoms with van der Waals surface area (Å²) < 4.78 is 77.2. The smallest absolute Gasteiger partial charge is 0.306 e. The number of hydrogen-bond acceptors (Lipinski definition) is 3. The quantitative estimate of drug-likeness (QED) is 0.443. The number of nitrogens with zero attached hydrogens (tertiary/aromatic N) is 1. The Kier molecular flexibility index (Phi) is 4.93. The Hall–Kier alpha value is -2.36. The standard InChI is InChI=1S/C15H8ClF6NO3/c16-9-3-8(14(17,18)19)1-2-10(9)23-5-13(6-24,7-25)11(4-12(23)26)15(20,21)22/h1-4,6-7H,5H2. The van der Waals surface area contributed by atoms with Crippen molar-refractivity contribution in [1.82, 2.24) is 0 Å². The molecule has 0 N–H and O–H groups in total. The molecule has 0 bridgehead atoms. The van der Waals surface area contributed by atoms with E-state index in [4.69, 9.17) is 11.6 Å². The minimum absolute atomic E-state index is 0.0559. The number of aldehydes is 2. The molecule has 11 heteroatoms. The highest BCUT2D eigenvalue weighted by Gasteiger charge is 2.53. The van der Waals surface area contributed by atoms with Crippen LogP contribution in [0.5, 0.6) is 0 Å². The van der Waals surface area contributed by atoms with E-state index in [0.29, 0.717) is 17.0 Å². The van der Waals surface area contributed by atoms with Gasteiger partial charge in [0.1, 0.15) is 18.0 Å². The summed E-state index contributed by atoms with van der Waals surface area (Å²) in [4.78, 5) is 35.0. The molecule has 26 heavy (non-hydrogen) atoms. The lowest BCUT2D eigenvalue weighted by atomic mass is 9.79. The van der Waals surface area contributed by atoms with E-state index < -0.39 is 46.4 Å². The van der Waals surface area contributed by atoms with Crippen molar-refractivity contribution in [3.05, 3.63) is 40.4 Å². The first-order valence-corrected chi connectivity index (χ1v) is 7.14. The van der Waals surface area contributed by atoms with E-state index in [9.17, 15) is 40.7 Å². The summed E-state index contributed by atoms with van der Waals surface area (Å²) >= 11 is 5.73. The Balaban J connectivity index is 2.57. The van der Waals surface area contributed by atoms with E-state index in [1.165, 1.54) is 0 Å². The zero-order valence-corrected chi connectivity index (χ0v) is 13.2. The molecule has 1 aromatic carbocycles. The second-order valence-corrected chi connectivity index (χ2v) is 5.83. The van der Waals surface area contributed by atoms with Crippen molar-refractivity contribution in [2.75, 3.05) is 11.4 Å². The molecule has 0 unspecified atom stereocenters. The molecule has 1 aromatic rings. The van der Waals surface area contributed by atoms with E-state index in [1.54, 1.807) is 0 Å². The fourth-order valence-corrected chi connectivity index (χ4v) is 2.72. The maximum Gasteiger partial charge on any atom is 0.416 e. The molecule has 0 aliphatic carbocycles. The lowest BCUT2D eigenvalue weighted by Gasteiger charge is -2.37. The SMILES string of the molecule is O=CC1(C=O)CN(c2ccc(C(F)(F)F)cc2Cl)C(=O)C=C1C(F)(F)F. The molecule has 4 nitrogen and oxygen atoms in total. The van der Waals surface area contributed by atoms with Crippen LogP contribution in [0.25, 0.3) is 0 Å². The molecule has 1 aliphatic rings. The van der Waals surface area contributed by atoms with Gasteiger partial charge in [-0.3, -0.25) is 4.79 Å².